The van der Waals surface area contributed by atoms with Crippen molar-refractivity contribution in [2.45, 2.75) is 24.3 Å². The molecule has 0 atom stereocenters. The summed E-state index contributed by atoms with van der Waals surface area (Å²) in [6, 6.07) is 5.87. The summed E-state index contributed by atoms with van der Waals surface area (Å²) in [5, 5.41) is 9.64. The number of hydrogen-bond donors (Lipinski definition) is 1. The van der Waals surface area contributed by atoms with E-state index < -0.39 is 5.60 Å². The highest BCUT2D eigenvalue weighted by Gasteiger charge is 2.15. The summed E-state index contributed by atoms with van der Waals surface area (Å²) < 4.78 is 10.9. The van der Waals surface area contributed by atoms with E-state index in [9.17, 15) is 5.11 Å². The Kier molecular flexibility index (Phi) is 3.30. The summed E-state index contributed by atoms with van der Waals surface area (Å²) in [6.45, 7) is 4.83. The fraction of sp³-hybridized carbons (Fsp3) is 0.500. The van der Waals surface area contributed by atoms with Gasteiger partial charge in [-0.25, -0.2) is 0 Å². The molecule has 0 fully saturated rings. The molecule has 16 heavy (non-hydrogen) atoms. The van der Waals surface area contributed by atoms with Crippen molar-refractivity contribution in [1.82, 2.24) is 0 Å². The fourth-order valence-electron chi connectivity index (χ4n) is 1.37. The smallest absolute Gasteiger partial charge is 0.162 e. The van der Waals surface area contributed by atoms with Crippen LogP contribution in [0, 0.1) is 0 Å². The zero-order valence-corrected chi connectivity index (χ0v) is 10.3. The van der Waals surface area contributed by atoms with Crippen molar-refractivity contribution in [2.24, 2.45) is 0 Å². The molecule has 4 heteroatoms. The average Bonchev–Trinajstić information content (AvgIpc) is 2.25. The Morgan fingerprint density at radius 2 is 1.94 bits per heavy atom. The van der Waals surface area contributed by atoms with Gasteiger partial charge in [0.2, 0.25) is 0 Å². The topological polar surface area (TPSA) is 38.7 Å². The zero-order valence-electron chi connectivity index (χ0n) is 9.53. The third-order valence-electron chi connectivity index (χ3n) is 2.11. The monoisotopic (exact) mass is 240 g/mol. The van der Waals surface area contributed by atoms with Crippen molar-refractivity contribution >= 4 is 11.8 Å². The van der Waals surface area contributed by atoms with Gasteiger partial charge >= 0.3 is 0 Å². The van der Waals surface area contributed by atoms with Crippen LogP contribution in [0.5, 0.6) is 11.5 Å². The van der Waals surface area contributed by atoms with Crippen LogP contribution in [0.3, 0.4) is 0 Å². The Balaban J connectivity index is 2.06. The van der Waals surface area contributed by atoms with E-state index in [2.05, 4.69) is 0 Å². The first kappa shape index (κ1) is 11.6. The van der Waals surface area contributed by atoms with Gasteiger partial charge in [0.15, 0.2) is 11.5 Å². The lowest BCUT2D eigenvalue weighted by Gasteiger charge is -2.20. The van der Waals surface area contributed by atoms with E-state index in [4.69, 9.17) is 9.47 Å². The SMILES string of the molecule is CC(C)(O)CSc1ccc2c(c1)OCCO2. The first-order chi connectivity index (χ1) is 7.54. The molecule has 0 bridgehead atoms. The van der Waals surface area contributed by atoms with Crippen LogP contribution in [0.25, 0.3) is 0 Å². The first-order valence-electron chi connectivity index (χ1n) is 5.29. The van der Waals surface area contributed by atoms with Crippen LogP contribution >= 0.6 is 11.8 Å². The van der Waals surface area contributed by atoms with Crippen molar-refractivity contribution in [3.63, 3.8) is 0 Å². The normalized spacial score (nSPS) is 14.9. The van der Waals surface area contributed by atoms with Gasteiger partial charge in [-0.15, -0.1) is 11.8 Å². The summed E-state index contributed by atoms with van der Waals surface area (Å²) in [4.78, 5) is 1.09. The molecule has 2 rings (SSSR count). The fourth-order valence-corrected chi connectivity index (χ4v) is 2.25. The molecule has 88 valence electrons. The van der Waals surface area contributed by atoms with Gasteiger partial charge < -0.3 is 14.6 Å². The second kappa shape index (κ2) is 4.55. The minimum absolute atomic E-state index is 0.604. The summed E-state index contributed by atoms with van der Waals surface area (Å²) in [5.74, 6) is 2.26. The predicted octanol–water partition coefficient (Wildman–Crippen LogP) is 2.32. The highest BCUT2D eigenvalue weighted by molar-refractivity contribution is 7.99. The van der Waals surface area contributed by atoms with Crippen LogP contribution in [0.1, 0.15) is 13.8 Å². The lowest BCUT2D eigenvalue weighted by Crippen LogP contribution is -2.21. The molecule has 1 N–H and O–H groups in total. The number of aliphatic hydroxyl groups is 1. The van der Waals surface area contributed by atoms with Crippen LogP contribution in [0.15, 0.2) is 23.1 Å². The van der Waals surface area contributed by atoms with E-state index >= 15 is 0 Å². The second-order valence-corrected chi connectivity index (χ2v) is 5.46. The van der Waals surface area contributed by atoms with Gasteiger partial charge in [-0.1, -0.05) is 0 Å². The van der Waals surface area contributed by atoms with Gasteiger partial charge in [-0.3, -0.25) is 0 Å². The number of rotatable bonds is 3. The quantitative estimate of drug-likeness (QED) is 0.823. The first-order valence-corrected chi connectivity index (χ1v) is 6.28. The van der Waals surface area contributed by atoms with Crippen LogP contribution < -0.4 is 9.47 Å². The molecule has 0 saturated carbocycles. The van der Waals surface area contributed by atoms with Gasteiger partial charge in [-0.05, 0) is 32.0 Å². The van der Waals surface area contributed by atoms with Crippen molar-refractivity contribution < 1.29 is 14.6 Å². The standard InChI is InChI=1S/C12H16O3S/c1-12(2,13)8-16-9-3-4-10-11(7-9)15-6-5-14-10/h3-4,7,13H,5-6,8H2,1-2H3. The molecule has 1 aliphatic heterocycles. The molecule has 1 heterocycles. The van der Waals surface area contributed by atoms with Gasteiger partial charge in [0.1, 0.15) is 13.2 Å². The molecular formula is C12H16O3S. The number of hydrogen-bond acceptors (Lipinski definition) is 4. The number of fused-ring (bicyclic) bond motifs is 1. The molecule has 1 aliphatic rings. The maximum atomic E-state index is 9.64. The summed E-state index contributed by atoms with van der Waals surface area (Å²) in [5.41, 5.74) is -0.655. The minimum atomic E-state index is -0.655. The third kappa shape index (κ3) is 3.06. The Morgan fingerprint density at radius 1 is 1.25 bits per heavy atom. The molecule has 0 saturated heterocycles. The van der Waals surface area contributed by atoms with Gasteiger partial charge in [0.25, 0.3) is 0 Å². The third-order valence-corrected chi connectivity index (χ3v) is 3.54. The maximum Gasteiger partial charge on any atom is 0.162 e. The van der Waals surface area contributed by atoms with E-state index in [1.165, 1.54) is 0 Å². The van der Waals surface area contributed by atoms with Gasteiger partial charge in [0.05, 0.1) is 5.60 Å². The van der Waals surface area contributed by atoms with Crippen molar-refractivity contribution in [3.05, 3.63) is 18.2 Å². The minimum Gasteiger partial charge on any atom is -0.486 e. The van der Waals surface area contributed by atoms with E-state index in [-0.39, 0.29) is 0 Å². The van der Waals surface area contributed by atoms with E-state index in [0.717, 1.165) is 16.4 Å². The summed E-state index contributed by atoms with van der Waals surface area (Å²) in [7, 11) is 0. The summed E-state index contributed by atoms with van der Waals surface area (Å²) >= 11 is 1.61. The Labute approximate surface area is 99.8 Å². The maximum absolute atomic E-state index is 9.64. The van der Waals surface area contributed by atoms with Crippen LogP contribution in [-0.2, 0) is 0 Å². The van der Waals surface area contributed by atoms with E-state index in [1.54, 1.807) is 25.6 Å². The van der Waals surface area contributed by atoms with Crippen molar-refractivity contribution in [2.75, 3.05) is 19.0 Å². The molecule has 0 radical (unpaired) electrons. The Bertz CT molecular complexity index is 371. The molecule has 0 unspecified atom stereocenters. The van der Waals surface area contributed by atoms with Crippen LogP contribution in [0.2, 0.25) is 0 Å². The molecular weight excluding hydrogens is 224 g/mol. The largest absolute Gasteiger partial charge is 0.486 e. The van der Waals surface area contributed by atoms with E-state index in [1.807, 2.05) is 18.2 Å². The molecule has 0 aromatic heterocycles. The highest BCUT2D eigenvalue weighted by Crippen LogP contribution is 2.34. The lowest BCUT2D eigenvalue weighted by molar-refractivity contribution is 0.107. The second-order valence-electron chi connectivity index (χ2n) is 4.41. The number of thioether (sulfide) groups is 1. The van der Waals surface area contributed by atoms with Gasteiger partial charge in [-0.2, -0.15) is 0 Å². The molecule has 0 spiro atoms. The molecule has 0 aliphatic carbocycles. The number of ether oxygens (including phenoxy) is 2. The van der Waals surface area contributed by atoms with Crippen LogP contribution in [0.4, 0.5) is 0 Å². The highest BCUT2D eigenvalue weighted by atomic mass is 32.2. The molecule has 0 amide bonds. The Morgan fingerprint density at radius 3 is 2.62 bits per heavy atom. The summed E-state index contributed by atoms with van der Waals surface area (Å²) in [6.07, 6.45) is 0. The van der Waals surface area contributed by atoms with Crippen LogP contribution in [-0.4, -0.2) is 29.7 Å². The average molecular weight is 240 g/mol. The Hall–Kier alpha value is -0.870. The zero-order chi connectivity index (χ0) is 11.6. The van der Waals surface area contributed by atoms with Gasteiger partial charge in [0, 0.05) is 10.6 Å². The molecule has 3 nitrogen and oxygen atoms in total. The molecule has 1 aromatic rings. The van der Waals surface area contributed by atoms with Crippen molar-refractivity contribution in [3.8, 4) is 11.5 Å². The van der Waals surface area contributed by atoms with E-state index in [0.29, 0.717) is 19.0 Å². The predicted molar refractivity (Wildman–Crippen MR) is 64.5 cm³/mol. The number of benzene rings is 1. The molecule has 1 aromatic carbocycles. The van der Waals surface area contributed by atoms with Crippen molar-refractivity contribution in [1.29, 1.82) is 0 Å². The lowest BCUT2D eigenvalue weighted by atomic mass is 10.2.